The van der Waals surface area contributed by atoms with Gasteiger partial charge in [0.15, 0.2) is 0 Å². The van der Waals surface area contributed by atoms with E-state index in [4.69, 9.17) is 13.8 Å². The average Bonchev–Trinajstić information content (AvgIpc) is 3.47. The molecule has 0 fully saturated rings. The molecule has 0 aromatic carbocycles. The highest BCUT2D eigenvalue weighted by Crippen LogP contribution is 2.43. The first-order chi connectivity index (χ1) is 40.4. The van der Waals surface area contributed by atoms with Gasteiger partial charge in [0.05, 0.1) is 33.8 Å². The Hall–Kier alpha value is -3.33. The third-order valence-electron chi connectivity index (χ3n) is 14.7. The van der Waals surface area contributed by atoms with E-state index in [0.29, 0.717) is 17.4 Å². The van der Waals surface area contributed by atoms with Gasteiger partial charge in [-0.15, -0.1) is 0 Å². The van der Waals surface area contributed by atoms with Crippen molar-refractivity contribution >= 4 is 19.7 Å². The molecule has 9 nitrogen and oxygen atoms in total. The summed E-state index contributed by atoms with van der Waals surface area (Å²) in [5.41, 5.74) is 0. The molecule has 2 N–H and O–H groups in total. The van der Waals surface area contributed by atoms with Crippen LogP contribution in [0.15, 0.2) is 109 Å². The Morgan fingerprint density at radius 3 is 1.18 bits per heavy atom. The van der Waals surface area contributed by atoms with Crippen molar-refractivity contribution < 1.29 is 37.3 Å². The Balaban J connectivity index is 5.15. The Bertz CT molecular complexity index is 1790. The Morgan fingerprint density at radius 1 is 0.434 bits per heavy atom. The first kappa shape index (κ1) is 79.7. The van der Waals surface area contributed by atoms with Crippen LogP contribution in [0.4, 0.5) is 0 Å². The number of ether oxygens (including phenoxy) is 1. The van der Waals surface area contributed by atoms with Crippen LogP contribution in [0.5, 0.6) is 0 Å². The lowest BCUT2D eigenvalue weighted by molar-refractivity contribution is -0.870. The van der Waals surface area contributed by atoms with Crippen molar-refractivity contribution in [1.82, 2.24) is 5.32 Å². The molecule has 0 aliphatic rings. The molecule has 0 bridgehead atoms. The van der Waals surface area contributed by atoms with Gasteiger partial charge in [0.25, 0.3) is 0 Å². The van der Waals surface area contributed by atoms with Crippen LogP contribution in [-0.4, -0.2) is 74.3 Å². The second-order valence-corrected chi connectivity index (χ2v) is 25.4. The molecule has 0 aliphatic heterocycles. The van der Waals surface area contributed by atoms with Crippen LogP contribution in [0.2, 0.25) is 0 Å². The lowest BCUT2D eigenvalue weighted by Gasteiger charge is -2.27. The molecule has 0 aliphatic carbocycles. The van der Waals surface area contributed by atoms with E-state index in [2.05, 4.69) is 123 Å². The number of phosphoric acid groups is 1. The van der Waals surface area contributed by atoms with E-state index in [9.17, 15) is 19.0 Å². The fraction of sp³-hybridized carbons (Fsp3) is 0.726. The molecule has 0 saturated heterocycles. The van der Waals surface area contributed by atoms with Gasteiger partial charge >= 0.3 is 13.8 Å². The normalized spacial score (nSPS) is 14.3. The fourth-order valence-electron chi connectivity index (χ4n) is 9.44. The van der Waals surface area contributed by atoms with Gasteiger partial charge in [-0.2, -0.15) is 0 Å². The third kappa shape index (κ3) is 63.0. The second-order valence-electron chi connectivity index (χ2n) is 24.0. The van der Waals surface area contributed by atoms with Gasteiger partial charge in [0.2, 0.25) is 5.91 Å². The lowest BCUT2D eigenvalue weighted by atomic mass is 10.0. The first-order valence-corrected chi connectivity index (χ1v) is 35.7. The largest absolute Gasteiger partial charge is 0.472 e. The molecule has 10 heteroatoms. The van der Waals surface area contributed by atoms with E-state index in [0.717, 1.165) is 116 Å². The van der Waals surface area contributed by atoms with Crippen molar-refractivity contribution in [2.75, 3.05) is 40.9 Å². The van der Waals surface area contributed by atoms with Crippen LogP contribution in [0, 0.1) is 0 Å². The zero-order valence-corrected chi connectivity index (χ0v) is 55.6. The molecule has 0 spiro atoms. The zero-order valence-electron chi connectivity index (χ0n) is 54.7. The molecule has 1 amide bonds. The summed E-state index contributed by atoms with van der Waals surface area (Å²) in [5.74, 6) is -0.534. The smallest absolute Gasteiger partial charge is 0.456 e. The van der Waals surface area contributed by atoms with Crippen molar-refractivity contribution in [1.29, 1.82) is 0 Å². The Labute approximate surface area is 512 Å². The number of nitrogens with one attached hydrogen (secondary N) is 1. The predicted molar refractivity (Wildman–Crippen MR) is 360 cm³/mol. The van der Waals surface area contributed by atoms with Gasteiger partial charge in [0.1, 0.15) is 19.3 Å². The molecular weight excluding hydrogens is 1050 g/mol. The van der Waals surface area contributed by atoms with Crippen LogP contribution in [0.3, 0.4) is 0 Å². The number of quaternary nitrogens is 1. The molecule has 3 unspecified atom stereocenters. The summed E-state index contributed by atoms with van der Waals surface area (Å²) in [4.78, 5) is 37.8. The number of amides is 1. The van der Waals surface area contributed by atoms with Gasteiger partial charge in [-0.1, -0.05) is 272 Å². The standard InChI is InChI=1S/C73H129N2O7P/c1-7-10-13-16-19-22-25-28-30-32-33-34-35-36-37-38-39-40-41-43-45-48-51-54-57-60-63-66-73(77)82-71(64-61-58-55-52-49-46-27-24-21-18-15-12-9-3)70(69-81-83(78,79)80-68-67-75(4,5)6)74-72(76)65-62-59-56-53-50-47-44-42-31-29-26-23-20-17-14-11-8-2/h10,13,19-20,22-23,28-31,33-34,36-37,44,47,61,64,70-71H,7-9,11-12,14-18,21,24-27,32,35,38-43,45-46,48-60,62-63,65-69H2,1-6H3,(H-,74,76,78,79)/p+1/b13-10-,22-19-,23-20-,30-28-,31-29-,34-33-,37-36-,47-44-,64-61-. The molecule has 0 aromatic heterocycles. The number of carbonyl (C=O) groups excluding carboxylic acids is 2. The van der Waals surface area contributed by atoms with E-state index in [1.54, 1.807) is 0 Å². The van der Waals surface area contributed by atoms with E-state index in [1.165, 1.54) is 141 Å². The van der Waals surface area contributed by atoms with Crippen LogP contribution in [0.25, 0.3) is 0 Å². The van der Waals surface area contributed by atoms with Crippen molar-refractivity contribution in [2.24, 2.45) is 0 Å². The summed E-state index contributed by atoms with van der Waals surface area (Å²) in [6.45, 7) is 6.86. The predicted octanol–water partition coefficient (Wildman–Crippen LogP) is 21.7. The number of allylic oxidation sites excluding steroid dienone is 17. The van der Waals surface area contributed by atoms with Gasteiger partial charge < -0.3 is 19.4 Å². The summed E-state index contributed by atoms with van der Waals surface area (Å²) in [5, 5.41) is 3.05. The van der Waals surface area contributed by atoms with E-state index >= 15 is 0 Å². The minimum Gasteiger partial charge on any atom is -0.456 e. The minimum absolute atomic E-state index is 0.0308. The summed E-state index contributed by atoms with van der Waals surface area (Å²) < 4.78 is 30.8. The number of phosphoric ester groups is 1. The number of hydrogen-bond acceptors (Lipinski definition) is 6. The maximum absolute atomic E-state index is 13.6. The van der Waals surface area contributed by atoms with Gasteiger partial charge in [-0.25, -0.2) is 4.57 Å². The van der Waals surface area contributed by atoms with Crippen LogP contribution >= 0.6 is 7.82 Å². The lowest BCUT2D eigenvalue weighted by Crippen LogP contribution is -2.47. The maximum Gasteiger partial charge on any atom is 0.472 e. The third-order valence-corrected chi connectivity index (χ3v) is 15.7. The van der Waals surface area contributed by atoms with E-state index < -0.39 is 20.0 Å². The monoisotopic (exact) mass is 1180 g/mol. The van der Waals surface area contributed by atoms with Crippen LogP contribution < -0.4 is 5.32 Å². The minimum atomic E-state index is -4.47. The van der Waals surface area contributed by atoms with Gasteiger partial charge in [-0.3, -0.25) is 18.6 Å². The van der Waals surface area contributed by atoms with Crippen LogP contribution in [-0.2, 0) is 27.9 Å². The molecule has 3 atom stereocenters. The van der Waals surface area contributed by atoms with Crippen LogP contribution in [0.1, 0.15) is 290 Å². The summed E-state index contributed by atoms with van der Waals surface area (Å²) in [6.07, 6.45) is 85.2. The molecule has 0 heterocycles. The molecule has 83 heavy (non-hydrogen) atoms. The number of carbonyl (C=O) groups is 2. The Morgan fingerprint density at radius 2 is 0.771 bits per heavy atom. The number of unbranched alkanes of at least 4 members (excludes halogenated alkanes) is 29. The van der Waals surface area contributed by atoms with Crippen molar-refractivity contribution in [2.45, 2.75) is 303 Å². The number of likely N-dealkylation sites (N-methyl/N-ethyl adjacent to an activating group) is 1. The second kappa shape index (κ2) is 61.7. The zero-order chi connectivity index (χ0) is 60.7. The quantitative estimate of drug-likeness (QED) is 0.0205. The molecule has 0 saturated carbocycles. The fourth-order valence-corrected chi connectivity index (χ4v) is 10.2. The van der Waals surface area contributed by atoms with Crippen molar-refractivity contribution in [3.8, 4) is 0 Å². The molecule has 0 rings (SSSR count). The first-order valence-electron chi connectivity index (χ1n) is 34.2. The number of hydrogen-bond donors (Lipinski definition) is 2. The topological polar surface area (TPSA) is 111 Å². The number of nitrogens with zero attached hydrogens (tertiary/aromatic N) is 1. The molecule has 478 valence electrons. The molecular formula is C73H130N2O7P+. The van der Waals surface area contributed by atoms with Gasteiger partial charge in [0, 0.05) is 12.8 Å². The highest BCUT2D eigenvalue weighted by molar-refractivity contribution is 7.47. The van der Waals surface area contributed by atoms with Crippen molar-refractivity contribution in [3.05, 3.63) is 109 Å². The van der Waals surface area contributed by atoms with Crippen molar-refractivity contribution in [3.63, 3.8) is 0 Å². The number of esters is 1. The summed E-state index contributed by atoms with van der Waals surface area (Å²) in [6, 6.07) is -0.868. The van der Waals surface area contributed by atoms with E-state index in [-0.39, 0.29) is 31.5 Å². The molecule has 0 radical (unpaired) electrons. The van der Waals surface area contributed by atoms with Gasteiger partial charge in [-0.05, 0) is 115 Å². The Kier molecular flexibility index (Phi) is 59.3. The highest BCUT2D eigenvalue weighted by Gasteiger charge is 2.30. The maximum atomic E-state index is 13.6. The molecule has 0 aromatic rings. The highest BCUT2D eigenvalue weighted by atomic mass is 31.2. The van der Waals surface area contributed by atoms with E-state index in [1.807, 2.05) is 33.3 Å². The SMILES string of the molecule is CC/C=C\C/C=C\C/C=C\C/C=C\C/C=C\CCCCCCCCCCCCCC(=O)OC(/C=C\CCCCCCCCCCCCC)C(COP(=O)(O)OCC[N+](C)(C)C)NC(=O)CCCCCC/C=C\C/C=C\C/C=C\CCCCC. The number of rotatable bonds is 61. The summed E-state index contributed by atoms with van der Waals surface area (Å²) in [7, 11) is 1.47. The summed E-state index contributed by atoms with van der Waals surface area (Å²) >= 11 is 0. The average molecular weight is 1180 g/mol.